The van der Waals surface area contributed by atoms with Gasteiger partial charge in [0.05, 0.1) is 5.56 Å². The molecule has 0 saturated heterocycles. The summed E-state index contributed by atoms with van der Waals surface area (Å²) in [6.45, 7) is 0.390. The zero-order chi connectivity index (χ0) is 11.5. The Morgan fingerprint density at radius 1 is 1.20 bits per heavy atom. The molecule has 0 aliphatic rings. The molecule has 0 bridgehead atoms. The van der Waals surface area contributed by atoms with Crippen molar-refractivity contribution >= 4 is 0 Å². The fourth-order valence-electron chi connectivity index (χ4n) is 1.20. The molecule has 1 rings (SSSR count). The number of nitrogens with zero attached hydrogens (tertiary/aromatic N) is 1. The number of likely N-dealkylation sites (N-methyl/N-ethyl adjacent to an activating group) is 1. The van der Waals surface area contributed by atoms with Gasteiger partial charge in [0.2, 0.25) is 0 Å². The van der Waals surface area contributed by atoms with Crippen molar-refractivity contribution in [1.29, 1.82) is 0 Å². The van der Waals surface area contributed by atoms with Gasteiger partial charge in [0.1, 0.15) is 5.82 Å². The van der Waals surface area contributed by atoms with E-state index in [2.05, 4.69) is 5.32 Å². The molecule has 0 fully saturated rings. The quantitative estimate of drug-likeness (QED) is 0.693. The maximum Gasteiger partial charge on any atom is 0.416 e. The van der Waals surface area contributed by atoms with Gasteiger partial charge in [0.25, 0.3) is 0 Å². The molecule has 1 nitrogen and oxygen atoms in total. The van der Waals surface area contributed by atoms with Crippen molar-refractivity contribution in [2.24, 2.45) is 0 Å². The molecule has 0 spiro atoms. The Bertz CT molecular complexity index is 333. The molecule has 1 aromatic carbocycles. The van der Waals surface area contributed by atoms with E-state index >= 15 is 0 Å². The molecule has 0 aliphatic carbocycles. The number of benzene rings is 1. The number of alkyl halides is 3. The summed E-state index contributed by atoms with van der Waals surface area (Å²) in [7, 11) is 1.56. The highest BCUT2D eigenvalue weighted by molar-refractivity contribution is 5.27. The minimum absolute atomic E-state index is 0.313. The Labute approximate surface area is 85.1 Å². The van der Waals surface area contributed by atoms with Crippen LogP contribution < -0.4 is 0 Å². The molecule has 0 N–H and O–H groups in total. The average molecular weight is 220 g/mol. The first-order valence-corrected chi connectivity index (χ1v) is 4.35. The number of hydrogen-bond acceptors (Lipinski definition) is 0. The minimum Gasteiger partial charge on any atom is -0.665 e. The lowest BCUT2D eigenvalue weighted by Gasteiger charge is -2.13. The van der Waals surface area contributed by atoms with Gasteiger partial charge < -0.3 is 5.32 Å². The van der Waals surface area contributed by atoms with Crippen LogP contribution in [0.15, 0.2) is 18.2 Å². The van der Waals surface area contributed by atoms with Gasteiger partial charge in [-0.3, -0.25) is 0 Å². The highest BCUT2D eigenvalue weighted by Gasteiger charge is 2.31. The van der Waals surface area contributed by atoms with Gasteiger partial charge in [-0.2, -0.15) is 20.2 Å². The Morgan fingerprint density at radius 2 is 1.87 bits per heavy atom. The van der Waals surface area contributed by atoms with E-state index in [-0.39, 0.29) is 0 Å². The maximum absolute atomic E-state index is 12.9. The van der Waals surface area contributed by atoms with E-state index in [4.69, 9.17) is 0 Å². The molecule has 0 aromatic heterocycles. The van der Waals surface area contributed by atoms with Crippen LogP contribution in [-0.4, -0.2) is 13.6 Å². The summed E-state index contributed by atoms with van der Waals surface area (Å²) in [6.07, 6.45) is -4.18. The van der Waals surface area contributed by atoms with Gasteiger partial charge >= 0.3 is 6.18 Å². The van der Waals surface area contributed by atoms with Crippen LogP contribution in [0.25, 0.3) is 5.32 Å². The van der Waals surface area contributed by atoms with Gasteiger partial charge in [-0.1, -0.05) is 0 Å². The van der Waals surface area contributed by atoms with E-state index in [1.54, 1.807) is 7.05 Å². The van der Waals surface area contributed by atoms with E-state index in [1.165, 1.54) is 0 Å². The first-order chi connectivity index (χ1) is 6.93. The zero-order valence-electron chi connectivity index (χ0n) is 8.11. The molecule has 0 unspecified atom stereocenters. The van der Waals surface area contributed by atoms with Gasteiger partial charge in [0, 0.05) is 0 Å². The van der Waals surface area contributed by atoms with E-state index < -0.39 is 17.6 Å². The van der Waals surface area contributed by atoms with Crippen LogP contribution in [0, 0.1) is 5.82 Å². The molecule has 1 aromatic rings. The van der Waals surface area contributed by atoms with Crippen molar-refractivity contribution in [3.05, 3.63) is 40.5 Å². The number of rotatable bonds is 3. The molecule has 0 amide bonds. The molecule has 0 heterocycles. The number of hydrogen-bond donors (Lipinski definition) is 0. The van der Waals surface area contributed by atoms with Crippen LogP contribution in [0.3, 0.4) is 0 Å². The minimum atomic E-state index is -4.50. The van der Waals surface area contributed by atoms with E-state index in [9.17, 15) is 17.6 Å². The van der Waals surface area contributed by atoms with Gasteiger partial charge in [-0.05, 0) is 30.2 Å². The van der Waals surface area contributed by atoms with Gasteiger partial charge in [0.15, 0.2) is 0 Å². The second-order valence-electron chi connectivity index (χ2n) is 3.14. The van der Waals surface area contributed by atoms with Crippen molar-refractivity contribution in [3.8, 4) is 0 Å². The summed E-state index contributed by atoms with van der Waals surface area (Å²) >= 11 is 0. The summed E-state index contributed by atoms with van der Waals surface area (Å²) < 4.78 is 49.7. The monoisotopic (exact) mass is 220 g/mol. The summed E-state index contributed by atoms with van der Waals surface area (Å²) in [5, 5.41) is 3.75. The van der Waals surface area contributed by atoms with Gasteiger partial charge in [-0.15, -0.1) is 6.54 Å². The summed E-state index contributed by atoms with van der Waals surface area (Å²) in [6, 6.07) is 2.54. The summed E-state index contributed by atoms with van der Waals surface area (Å²) in [5.41, 5.74) is -0.637. The zero-order valence-corrected chi connectivity index (χ0v) is 8.11. The normalized spacial score (nSPS) is 11.8. The smallest absolute Gasteiger partial charge is 0.416 e. The third kappa shape index (κ3) is 3.51. The van der Waals surface area contributed by atoms with Crippen LogP contribution in [0.4, 0.5) is 17.6 Å². The topological polar surface area (TPSA) is 14.1 Å². The van der Waals surface area contributed by atoms with Gasteiger partial charge in [-0.25, -0.2) is 4.39 Å². The molecule has 0 atom stereocenters. The van der Waals surface area contributed by atoms with E-state index in [1.807, 2.05) is 0 Å². The van der Waals surface area contributed by atoms with Crippen molar-refractivity contribution in [2.45, 2.75) is 12.6 Å². The second kappa shape index (κ2) is 4.61. The van der Waals surface area contributed by atoms with Crippen LogP contribution >= 0.6 is 0 Å². The molecular weight excluding hydrogens is 210 g/mol. The molecule has 0 radical (unpaired) electrons. The highest BCUT2D eigenvalue weighted by Crippen LogP contribution is 2.30. The van der Waals surface area contributed by atoms with E-state index in [0.29, 0.717) is 24.6 Å². The Hall–Kier alpha value is -1.10. The van der Waals surface area contributed by atoms with Crippen molar-refractivity contribution in [2.75, 3.05) is 13.6 Å². The van der Waals surface area contributed by atoms with Crippen molar-refractivity contribution < 1.29 is 17.6 Å². The van der Waals surface area contributed by atoms with Crippen LogP contribution in [0.1, 0.15) is 11.1 Å². The first kappa shape index (κ1) is 12.0. The molecule has 0 saturated carbocycles. The maximum atomic E-state index is 12.9. The summed E-state index contributed by atoms with van der Waals surface area (Å²) in [4.78, 5) is 0. The molecule has 5 heteroatoms. The SMILES string of the molecule is C[N-]CCc1cc(F)cc(C(F)(F)F)c1. The third-order valence-corrected chi connectivity index (χ3v) is 1.91. The first-order valence-electron chi connectivity index (χ1n) is 4.35. The summed E-state index contributed by atoms with van der Waals surface area (Å²) in [5.74, 6) is -0.865. The Balaban J connectivity index is 2.95. The third-order valence-electron chi connectivity index (χ3n) is 1.91. The van der Waals surface area contributed by atoms with Crippen molar-refractivity contribution in [3.63, 3.8) is 0 Å². The number of halogens is 4. The predicted molar refractivity (Wildman–Crippen MR) is 49.3 cm³/mol. The molecule has 0 aliphatic heterocycles. The Morgan fingerprint density at radius 3 is 2.40 bits per heavy atom. The lowest BCUT2D eigenvalue weighted by atomic mass is 10.1. The van der Waals surface area contributed by atoms with Crippen LogP contribution in [-0.2, 0) is 12.6 Å². The Kier molecular flexibility index (Phi) is 3.68. The predicted octanol–water partition coefficient (Wildman–Crippen LogP) is 3.39. The standard InChI is InChI=1S/C10H10F4N/c1-15-3-2-7-4-8(10(12,13)14)6-9(11)5-7/h4-6H,2-3H2,1H3/q-1. The lowest BCUT2D eigenvalue weighted by Crippen LogP contribution is -2.06. The fraction of sp³-hybridized carbons (Fsp3) is 0.400. The highest BCUT2D eigenvalue weighted by atomic mass is 19.4. The lowest BCUT2D eigenvalue weighted by molar-refractivity contribution is -0.137. The molecular formula is C10H10F4N-. The molecule has 15 heavy (non-hydrogen) atoms. The van der Waals surface area contributed by atoms with Crippen LogP contribution in [0.5, 0.6) is 0 Å². The molecule has 84 valence electrons. The van der Waals surface area contributed by atoms with E-state index in [0.717, 1.165) is 12.1 Å². The van der Waals surface area contributed by atoms with Crippen LogP contribution in [0.2, 0.25) is 0 Å². The largest absolute Gasteiger partial charge is 0.665 e. The fourth-order valence-corrected chi connectivity index (χ4v) is 1.20. The average Bonchev–Trinajstić information content (AvgIpc) is 2.12. The van der Waals surface area contributed by atoms with Crippen molar-refractivity contribution in [1.82, 2.24) is 0 Å². The second-order valence-corrected chi connectivity index (χ2v) is 3.14.